The third-order valence-electron chi connectivity index (χ3n) is 4.96. The van der Waals surface area contributed by atoms with E-state index in [1.807, 2.05) is 18.2 Å². The van der Waals surface area contributed by atoms with Gasteiger partial charge in [0, 0.05) is 13.1 Å². The second-order valence-corrected chi connectivity index (χ2v) is 6.90. The van der Waals surface area contributed by atoms with Gasteiger partial charge < -0.3 is 9.84 Å². The van der Waals surface area contributed by atoms with Crippen molar-refractivity contribution in [1.29, 1.82) is 0 Å². The van der Waals surface area contributed by atoms with Crippen LogP contribution < -0.4 is 4.74 Å². The molecule has 1 heterocycles. The maximum atomic E-state index is 10.9. The van der Waals surface area contributed by atoms with E-state index in [4.69, 9.17) is 9.84 Å². The summed E-state index contributed by atoms with van der Waals surface area (Å²) in [4.78, 5) is 13.4. The van der Waals surface area contributed by atoms with Crippen molar-refractivity contribution in [3.8, 4) is 5.75 Å². The smallest absolute Gasteiger partial charge is 0.335 e. The molecule has 0 amide bonds. The number of hydrogen-bond donors (Lipinski definition) is 1. The van der Waals surface area contributed by atoms with Crippen molar-refractivity contribution >= 4 is 5.97 Å². The first-order valence-corrected chi connectivity index (χ1v) is 8.73. The number of carboxylic acids is 1. The molecule has 0 spiro atoms. The monoisotopic (exact) mass is 339 g/mol. The topological polar surface area (TPSA) is 49.8 Å². The predicted octanol–water partition coefficient (Wildman–Crippen LogP) is 3.77. The van der Waals surface area contributed by atoms with Gasteiger partial charge in [0.1, 0.15) is 5.75 Å². The summed E-state index contributed by atoms with van der Waals surface area (Å²) in [7, 11) is 1.70. The lowest BCUT2D eigenvalue weighted by molar-refractivity contribution is 0.0697. The molecule has 4 heteroatoms. The molecule has 0 unspecified atom stereocenters. The Hall–Kier alpha value is -2.33. The Balaban J connectivity index is 1.54. The molecular weight excluding hydrogens is 314 g/mol. The number of benzene rings is 2. The number of ether oxygens (including phenoxy) is 1. The highest BCUT2D eigenvalue weighted by atomic mass is 16.5. The molecule has 1 aliphatic rings. The number of aryl methyl sites for hydroxylation is 1. The number of carboxylic acid groups (broad SMARTS) is 1. The molecule has 0 radical (unpaired) electrons. The van der Waals surface area contributed by atoms with Gasteiger partial charge in [-0.05, 0) is 67.1 Å². The van der Waals surface area contributed by atoms with Gasteiger partial charge in [-0.25, -0.2) is 4.79 Å². The molecule has 0 aliphatic carbocycles. The normalized spacial score (nSPS) is 17.6. The maximum absolute atomic E-state index is 10.9. The van der Waals surface area contributed by atoms with E-state index in [-0.39, 0.29) is 0 Å². The van der Waals surface area contributed by atoms with Gasteiger partial charge in [-0.15, -0.1) is 0 Å². The summed E-state index contributed by atoms with van der Waals surface area (Å²) < 4.78 is 5.33. The van der Waals surface area contributed by atoms with Gasteiger partial charge >= 0.3 is 5.97 Å². The molecule has 1 atom stereocenters. The molecule has 2 aromatic rings. The molecule has 1 fully saturated rings. The molecule has 1 N–H and O–H groups in total. The van der Waals surface area contributed by atoms with Crippen LogP contribution in [0.2, 0.25) is 0 Å². The van der Waals surface area contributed by atoms with Gasteiger partial charge in [0.15, 0.2) is 0 Å². The summed E-state index contributed by atoms with van der Waals surface area (Å²) in [6, 6.07) is 13.7. The number of aromatic carboxylic acids is 1. The molecule has 1 aliphatic heterocycles. The third-order valence-corrected chi connectivity index (χ3v) is 4.96. The number of nitrogens with zero attached hydrogens (tertiary/aromatic N) is 1. The summed E-state index contributed by atoms with van der Waals surface area (Å²) in [5.41, 5.74) is 4.07. The first kappa shape index (κ1) is 17.5. The Morgan fingerprint density at radius 1 is 1.20 bits per heavy atom. The van der Waals surface area contributed by atoms with Crippen LogP contribution in [0.25, 0.3) is 0 Å². The minimum atomic E-state index is -0.867. The molecule has 2 aromatic carbocycles. The van der Waals surface area contributed by atoms with E-state index < -0.39 is 5.97 Å². The Morgan fingerprint density at radius 2 is 1.92 bits per heavy atom. The van der Waals surface area contributed by atoms with Gasteiger partial charge in [0.25, 0.3) is 0 Å². The van der Waals surface area contributed by atoms with Crippen LogP contribution in [0.5, 0.6) is 5.75 Å². The fourth-order valence-electron chi connectivity index (χ4n) is 3.64. The van der Waals surface area contributed by atoms with Crippen molar-refractivity contribution in [1.82, 2.24) is 4.90 Å². The third kappa shape index (κ3) is 4.40. The minimum Gasteiger partial charge on any atom is -0.496 e. The standard InChI is InChI=1S/C21H25NO3/c1-15-11-17(5-8-20(15)25-2)13-22-10-9-18(14-22)12-16-3-6-19(7-4-16)21(23)24/h3-8,11,18H,9-10,12-14H2,1-2H3,(H,23,24)/t18-/m0/s1. The van der Waals surface area contributed by atoms with Crippen LogP contribution in [0.15, 0.2) is 42.5 Å². The molecule has 1 saturated heterocycles. The number of likely N-dealkylation sites (tertiary alicyclic amines) is 1. The van der Waals surface area contributed by atoms with Gasteiger partial charge in [0.05, 0.1) is 12.7 Å². The first-order valence-electron chi connectivity index (χ1n) is 8.73. The Morgan fingerprint density at radius 3 is 2.56 bits per heavy atom. The van der Waals surface area contributed by atoms with E-state index in [2.05, 4.69) is 24.0 Å². The van der Waals surface area contributed by atoms with Gasteiger partial charge in [0.2, 0.25) is 0 Å². The van der Waals surface area contributed by atoms with Crippen molar-refractivity contribution in [2.45, 2.75) is 26.3 Å². The van der Waals surface area contributed by atoms with E-state index in [0.29, 0.717) is 11.5 Å². The summed E-state index contributed by atoms with van der Waals surface area (Å²) in [6.45, 7) is 5.25. The molecule has 3 rings (SSSR count). The van der Waals surface area contributed by atoms with Crippen molar-refractivity contribution in [3.63, 3.8) is 0 Å². The number of methoxy groups -OCH3 is 1. The predicted molar refractivity (Wildman–Crippen MR) is 98.2 cm³/mol. The number of rotatable bonds is 6. The second kappa shape index (κ2) is 7.70. The molecule has 4 nitrogen and oxygen atoms in total. The molecular formula is C21H25NO3. The van der Waals surface area contributed by atoms with Crippen LogP contribution in [-0.2, 0) is 13.0 Å². The highest BCUT2D eigenvalue weighted by Gasteiger charge is 2.22. The largest absolute Gasteiger partial charge is 0.496 e. The molecule has 132 valence electrons. The maximum Gasteiger partial charge on any atom is 0.335 e. The van der Waals surface area contributed by atoms with E-state index in [1.54, 1.807) is 19.2 Å². The van der Waals surface area contributed by atoms with Crippen molar-refractivity contribution < 1.29 is 14.6 Å². The lowest BCUT2D eigenvalue weighted by Gasteiger charge is -2.17. The van der Waals surface area contributed by atoms with Crippen molar-refractivity contribution in [2.75, 3.05) is 20.2 Å². The summed E-state index contributed by atoms with van der Waals surface area (Å²) in [5, 5.41) is 8.97. The lowest BCUT2D eigenvalue weighted by Crippen LogP contribution is -2.20. The average molecular weight is 339 g/mol. The van der Waals surface area contributed by atoms with Crippen LogP contribution in [0.1, 0.15) is 33.5 Å². The Bertz CT molecular complexity index is 739. The fourth-order valence-corrected chi connectivity index (χ4v) is 3.64. The summed E-state index contributed by atoms with van der Waals surface area (Å²) in [5.74, 6) is 0.705. The van der Waals surface area contributed by atoms with Crippen LogP contribution in [0.4, 0.5) is 0 Å². The van der Waals surface area contributed by atoms with E-state index in [1.165, 1.54) is 23.1 Å². The zero-order valence-corrected chi connectivity index (χ0v) is 14.9. The SMILES string of the molecule is COc1ccc(CN2CC[C@@H](Cc3ccc(C(=O)O)cc3)C2)cc1C. The zero-order chi connectivity index (χ0) is 17.8. The van der Waals surface area contributed by atoms with E-state index >= 15 is 0 Å². The first-order chi connectivity index (χ1) is 12.0. The Kier molecular flexibility index (Phi) is 5.39. The quantitative estimate of drug-likeness (QED) is 0.870. The number of carbonyl (C=O) groups is 1. The van der Waals surface area contributed by atoms with Gasteiger partial charge in [-0.2, -0.15) is 0 Å². The molecule has 0 aromatic heterocycles. The van der Waals surface area contributed by atoms with E-state index in [9.17, 15) is 4.79 Å². The molecule has 0 bridgehead atoms. The van der Waals surface area contributed by atoms with E-state index in [0.717, 1.165) is 31.8 Å². The van der Waals surface area contributed by atoms with Crippen LogP contribution >= 0.6 is 0 Å². The molecule has 25 heavy (non-hydrogen) atoms. The van der Waals surface area contributed by atoms with Crippen molar-refractivity contribution in [2.24, 2.45) is 5.92 Å². The zero-order valence-electron chi connectivity index (χ0n) is 14.9. The average Bonchev–Trinajstić information content (AvgIpc) is 3.02. The minimum absolute atomic E-state index is 0.353. The molecule has 0 saturated carbocycles. The Labute approximate surface area is 149 Å². The van der Waals surface area contributed by atoms with Gasteiger partial charge in [-0.1, -0.05) is 24.3 Å². The fraction of sp³-hybridized carbons (Fsp3) is 0.381. The lowest BCUT2D eigenvalue weighted by atomic mass is 9.98. The summed E-state index contributed by atoms with van der Waals surface area (Å²) in [6.07, 6.45) is 2.20. The van der Waals surface area contributed by atoms with Crippen molar-refractivity contribution in [3.05, 3.63) is 64.7 Å². The summed E-state index contributed by atoms with van der Waals surface area (Å²) >= 11 is 0. The second-order valence-electron chi connectivity index (χ2n) is 6.90. The highest BCUT2D eigenvalue weighted by Crippen LogP contribution is 2.24. The highest BCUT2D eigenvalue weighted by molar-refractivity contribution is 5.87. The number of hydrogen-bond acceptors (Lipinski definition) is 3. The van der Waals surface area contributed by atoms with Crippen LogP contribution in [-0.4, -0.2) is 36.2 Å². The van der Waals surface area contributed by atoms with Crippen LogP contribution in [0.3, 0.4) is 0 Å². The van der Waals surface area contributed by atoms with Crippen LogP contribution in [0, 0.1) is 12.8 Å². The van der Waals surface area contributed by atoms with Gasteiger partial charge in [-0.3, -0.25) is 4.90 Å².